The molecule has 0 amide bonds. The van der Waals surface area contributed by atoms with E-state index in [1.54, 1.807) is 6.92 Å². The second kappa shape index (κ2) is 5.63. The van der Waals surface area contributed by atoms with Crippen molar-refractivity contribution in [3.8, 4) is 0 Å². The fourth-order valence-electron chi connectivity index (χ4n) is 0. The Morgan fingerprint density at radius 1 is 1.50 bits per heavy atom. The lowest BCUT2D eigenvalue weighted by Gasteiger charge is -1.97. The predicted octanol–water partition coefficient (Wildman–Crippen LogP) is 1.13. The molecule has 0 saturated carbocycles. The first-order valence-electron chi connectivity index (χ1n) is 2.12. The lowest BCUT2D eigenvalue weighted by molar-refractivity contribution is 0.236. The molecule has 0 saturated heterocycles. The molecule has 0 aromatic rings. The first-order valence-corrected chi connectivity index (χ1v) is 2.88. The molecule has 0 radical (unpaired) electrons. The highest BCUT2D eigenvalue weighted by atomic mass is 35.5. The molecule has 0 spiro atoms. The third kappa shape index (κ3) is 787. The van der Waals surface area contributed by atoms with Crippen molar-refractivity contribution in [3.05, 3.63) is 0 Å². The second-order valence-electron chi connectivity index (χ2n) is 1.16. The van der Waals surface area contributed by atoms with Crippen LogP contribution in [0.2, 0.25) is 0 Å². The SMILES string of the molecule is CC(O)(Cl)Cl.CCO. The maximum absolute atomic E-state index is 8.05. The highest BCUT2D eigenvalue weighted by molar-refractivity contribution is 6.46. The molecule has 2 nitrogen and oxygen atoms in total. The highest BCUT2D eigenvalue weighted by Crippen LogP contribution is 2.12. The molecule has 0 aromatic heterocycles. The summed E-state index contributed by atoms with van der Waals surface area (Å²) < 4.78 is -1.56. The number of rotatable bonds is 0. The molecule has 0 aliphatic carbocycles. The molecule has 0 atom stereocenters. The Balaban J connectivity index is 0. The summed E-state index contributed by atoms with van der Waals surface area (Å²) in [5.41, 5.74) is 0. The number of halogens is 2. The highest BCUT2D eigenvalue weighted by Gasteiger charge is 2.05. The van der Waals surface area contributed by atoms with Gasteiger partial charge >= 0.3 is 0 Å². The van der Waals surface area contributed by atoms with Crippen LogP contribution in [0.1, 0.15) is 13.8 Å². The molecule has 4 heteroatoms. The van der Waals surface area contributed by atoms with E-state index in [-0.39, 0.29) is 6.61 Å². The van der Waals surface area contributed by atoms with E-state index in [2.05, 4.69) is 0 Å². The van der Waals surface area contributed by atoms with Crippen molar-refractivity contribution < 1.29 is 10.2 Å². The summed E-state index contributed by atoms with van der Waals surface area (Å²) in [6, 6.07) is 0. The van der Waals surface area contributed by atoms with E-state index < -0.39 is 4.52 Å². The number of hydrogen-bond donors (Lipinski definition) is 2. The molecule has 0 rings (SSSR count). The average molecular weight is 161 g/mol. The third-order valence-corrected chi connectivity index (χ3v) is 0. The average Bonchev–Trinajstić information content (AvgIpc) is 1.27. The molecule has 0 unspecified atom stereocenters. The fraction of sp³-hybridized carbons (Fsp3) is 1.00. The fourth-order valence-corrected chi connectivity index (χ4v) is 0. The summed E-state index contributed by atoms with van der Waals surface area (Å²) in [7, 11) is 0. The predicted molar refractivity (Wildman–Crippen MR) is 35.1 cm³/mol. The van der Waals surface area contributed by atoms with Crippen LogP contribution in [0.25, 0.3) is 0 Å². The zero-order valence-corrected chi connectivity index (χ0v) is 6.37. The van der Waals surface area contributed by atoms with E-state index >= 15 is 0 Å². The number of alkyl halides is 2. The van der Waals surface area contributed by atoms with Gasteiger partial charge < -0.3 is 10.2 Å². The Labute approximate surface area is 59.0 Å². The van der Waals surface area contributed by atoms with Crippen molar-refractivity contribution in [1.29, 1.82) is 0 Å². The second-order valence-corrected chi connectivity index (χ2v) is 2.82. The molecule has 52 valence electrons. The van der Waals surface area contributed by atoms with Crippen LogP contribution in [0.15, 0.2) is 0 Å². The largest absolute Gasteiger partial charge is 0.397 e. The lowest BCUT2D eigenvalue weighted by Crippen LogP contribution is -2.00. The molecule has 0 fully saturated rings. The summed E-state index contributed by atoms with van der Waals surface area (Å²) >= 11 is 9.70. The van der Waals surface area contributed by atoms with E-state index in [1.165, 1.54) is 6.92 Å². The van der Waals surface area contributed by atoms with Gasteiger partial charge in [0.05, 0.1) is 0 Å². The summed E-state index contributed by atoms with van der Waals surface area (Å²) in [6.45, 7) is 3.20. The molecule has 0 aliphatic heterocycles. The van der Waals surface area contributed by atoms with Crippen molar-refractivity contribution in [2.24, 2.45) is 0 Å². The van der Waals surface area contributed by atoms with Crippen LogP contribution in [0.4, 0.5) is 0 Å². The topological polar surface area (TPSA) is 40.5 Å². The van der Waals surface area contributed by atoms with Crippen molar-refractivity contribution in [2.75, 3.05) is 6.61 Å². The Kier molecular flexibility index (Phi) is 7.97. The van der Waals surface area contributed by atoms with Crippen LogP contribution < -0.4 is 0 Å². The number of aliphatic hydroxyl groups is 2. The van der Waals surface area contributed by atoms with Crippen LogP contribution in [-0.2, 0) is 0 Å². The molecule has 0 aliphatic rings. The van der Waals surface area contributed by atoms with Gasteiger partial charge in [0, 0.05) is 6.61 Å². The van der Waals surface area contributed by atoms with Crippen molar-refractivity contribution in [2.45, 2.75) is 18.4 Å². The van der Waals surface area contributed by atoms with Crippen molar-refractivity contribution >= 4 is 23.2 Å². The number of hydrogen-bond acceptors (Lipinski definition) is 2. The van der Waals surface area contributed by atoms with Crippen molar-refractivity contribution in [1.82, 2.24) is 0 Å². The van der Waals surface area contributed by atoms with Gasteiger partial charge in [-0.05, 0) is 13.8 Å². The molecular formula is C4H10Cl2O2. The van der Waals surface area contributed by atoms with Gasteiger partial charge in [-0.2, -0.15) is 0 Å². The summed E-state index contributed by atoms with van der Waals surface area (Å²) in [5.74, 6) is 0. The van der Waals surface area contributed by atoms with Crippen LogP contribution in [-0.4, -0.2) is 21.3 Å². The van der Waals surface area contributed by atoms with E-state index in [1.807, 2.05) is 0 Å². The minimum absolute atomic E-state index is 0.250. The molecule has 0 heterocycles. The van der Waals surface area contributed by atoms with Gasteiger partial charge in [0.2, 0.25) is 4.52 Å². The van der Waals surface area contributed by atoms with Gasteiger partial charge in [-0.1, -0.05) is 23.2 Å². The van der Waals surface area contributed by atoms with Gasteiger partial charge in [-0.25, -0.2) is 0 Å². The monoisotopic (exact) mass is 160 g/mol. The van der Waals surface area contributed by atoms with Gasteiger partial charge in [-0.15, -0.1) is 0 Å². The maximum atomic E-state index is 8.05. The first kappa shape index (κ1) is 11.3. The van der Waals surface area contributed by atoms with Gasteiger partial charge in [0.1, 0.15) is 0 Å². The summed E-state index contributed by atoms with van der Waals surface area (Å²) in [6.07, 6.45) is 0. The summed E-state index contributed by atoms with van der Waals surface area (Å²) in [5, 5.41) is 15.6. The van der Waals surface area contributed by atoms with Gasteiger partial charge in [0.25, 0.3) is 0 Å². The Morgan fingerprint density at radius 3 is 1.50 bits per heavy atom. The third-order valence-electron chi connectivity index (χ3n) is 0. The zero-order chi connectivity index (χ0) is 7.21. The van der Waals surface area contributed by atoms with Crippen LogP contribution in [0.3, 0.4) is 0 Å². The minimum atomic E-state index is -1.56. The maximum Gasteiger partial charge on any atom is 0.212 e. The van der Waals surface area contributed by atoms with Gasteiger partial charge in [-0.3, -0.25) is 0 Å². The minimum Gasteiger partial charge on any atom is -0.397 e. The standard InChI is InChI=1S/C2H4Cl2O.C2H6O/c1-2(3,4)5;1-2-3/h5H,1H3;3H,2H2,1H3. The smallest absolute Gasteiger partial charge is 0.212 e. The molecular weight excluding hydrogens is 151 g/mol. The number of aliphatic hydroxyl groups excluding tert-OH is 1. The van der Waals surface area contributed by atoms with E-state index in [4.69, 9.17) is 33.4 Å². The van der Waals surface area contributed by atoms with E-state index in [9.17, 15) is 0 Å². The van der Waals surface area contributed by atoms with Gasteiger partial charge in [0.15, 0.2) is 0 Å². The normalized spacial score (nSPS) is 9.75. The van der Waals surface area contributed by atoms with Crippen molar-refractivity contribution in [3.63, 3.8) is 0 Å². The molecule has 8 heavy (non-hydrogen) atoms. The Morgan fingerprint density at radius 2 is 1.50 bits per heavy atom. The Hall–Kier alpha value is 0.500. The summed E-state index contributed by atoms with van der Waals surface area (Å²) in [4.78, 5) is 0. The van der Waals surface area contributed by atoms with Crippen LogP contribution in [0.5, 0.6) is 0 Å². The van der Waals surface area contributed by atoms with Crippen LogP contribution >= 0.6 is 23.2 Å². The van der Waals surface area contributed by atoms with E-state index in [0.29, 0.717) is 0 Å². The zero-order valence-electron chi connectivity index (χ0n) is 4.86. The molecule has 0 aromatic carbocycles. The molecule has 2 N–H and O–H groups in total. The van der Waals surface area contributed by atoms with E-state index in [0.717, 1.165) is 0 Å². The Bertz CT molecular complexity index is 35.8. The first-order chi connectivity index (χ1) is 3.41. The lowest BCUT2D eigenvalue weighted by atomic mass is 10.9. The quantitative estimate of drug-likeness (QED) is 0.522. The molecule has 0 bridgehead atoms. The van der Waals surface area contributed by atoms with Crippen LogP contribution in [0, 0.1) is 0 Å².